The molecule has 2 unspecified atom stereocenters. The quantitative estimate of drug-likeness (QED) is 0.237. The lowest BCUT2D eigenvalue weighted by Crippen LogP contribution is -2.59. The number of rotatable bonds is 6. The van der Waals surface area contributed by atoms with Gasteiger partial charge in [0.05, 0.1) is 24.9 Å². The van der Waals surface area contributed by atoms with Gasteiger partial charge in [0.2, 0.25) is 6.17 Å². The lowest BCUT2D eigenvalue weighted by Gasteiger charge is -2.35. The van der Waals surface area contributed by atoms with Crippen molar-refractivity contribution < 1.29 is 23.5 Å². The van der Waals surface area contributed by atoms with Gasteiger partial charge in [0.15, 0.2) is 5.69 Å². The van der Waals surface area contributed by atoms with Gasteiger partial charge in [0.25, 0.3) is 5.82 Å². The maximum atomic E-state index is 15.3. The van der Waals surface area contributed by atoms with Gasteiger partial charge in [-0.15, -0.1) is 0 Å². The molecule has 9 nitrogen and oxygen atoms in total. The summed E-state index contributed by atoms with van der Waals surface area (Å²) in [5.41, 5.74) is 2.70. The van der Waals surface area contributed by atoms with E-state index < -0.39 is 34.4 Å². The Hall–Kier alpha value is -5.22. The molecular formula is C32H29FN5O4+. The predicted molar refractivity (Wildman–Crippen MR) is 158 cm³/mol. The number of aliphatic imine (C=N–C) groups is 1. The van der Waals surface area contributed by atoms with Crippen LogP contribution in [0.5, 0.6) is 0 Å². The number of likely N-dealkylation sites (N-methyl/N-ethyl adjacent to an activating group) is 1. The molecule has 3 aromatic carbocycles. The maximum absolute atomic E-state index is 15.3. The van der Waals surface area contributed by atoms with Gasteiger partial charge in [-0.2, -0.15) is 4.48 Å². The van der Waals surface area contributed by atoms with Gasteiger partial charge < -0.3 is 15.4 Å². The van der Waals surface area contributed by atoms with Crippen LogP contribution in [0.2, 0.25) is 0 Å². The number of fused-ring (bicyclic) bond motifs is 1. The Balaban J connectivity index is 1.74. The Morgan fingerprint density at radius 1 is 0.976 bits per heavy atom. The van der Waals surface area contributed by atoms with Crippen LogP contribution in [0.15, 0.2) is 96.1 Å². The van der Waals surface area contributed by atoms with E-state index in [9.17, 15) is 14.4 Å². The molecule has 0 bridgehead atoms. The summed E-state index contributed by atoms with van der Waals surface area (Å²) < 4.78 is 19.7. The second-order valence-corrected chi connectivity index (χ2v) is 9.68. The molecule has 0 saturated carbocycles. The number of carbonyl (C=O) groups is 3. The number of methoxy groups -OCH3 is 1. The number of hydrogen-bond acceptors (Lipinski definition) is 6. The van der Waals surface area contributed by atoms with Crippen molar-refractivity contribution in [3.05, 3.63) is 119 Å². The molecular weight excluding hydrogens is 537 g/mol. The minimum Gasteiger partial charge on any atom is -0.465 e. The lowest BCUT2D eigenvalue weighted by atomic mass is 9.98. The van der Waals surface area contributed by atoms with Crippen LogP contribution in [0.1, 0.15) is 34.0 Å². The van der Waals surface area contributed by atoms with Gasteiger partial charge in [-0.05, 0) is 61.9 Å². The maximum Gasteiger partial charge on any atom is 0.370 e. The molecule has 0 aliphatic carbocycles. The third-order valence-corrected chi connectivity index (χ3v) is 7.14. The topological polar surface area (TPSA) is 110 Å². The predicted octanol–water partition coefficient (Wildman–Crippen LogP) is 5.50. The second kappa shape index (κ2) is 11.7. The van der Waals surface area contributed by atoms with Crippen molar-refractivity contribution in [2.45, 2.75) is 20.0 Å². The fourth-order valence-corrected chi connectivity index (χ4v) is 5.23. The number of carbonyl (C=O) groups excluding carboxylic acids is 3. The van der Waals surface area contributed by atoms with Crippen molar-refractivity contribution in [2.75, 3.05) is 19.0 Å². The van der Waals surface area contributed by atoms with E-state index in [2.05, 4.69) is 20.6 Å². The van der Waals surface area contributed by atoms with Crippen LogP contribution < -0.4 is 15.1 Å². The Morgan fingerprint density at radius 3 is 2.43 bits per heavy atom. The average molecular weight is 567 g/mol. The van der Waals surface area contributed by atoms with Crippen LogP contribution in [0.25, 0.3) is 0 Å². The molecule has 2 heterocycles. The highest BCUT2D eigenvalue weighted by molar-refractivity contribution is 6.20. The number of benzene rings is 3. The van der Waals surface area contributed by atoms with Crippen molar-refractivity contribution in [3.63, 3.8) is 0 Å². The number of hydrogen-bond donors (Lipinski definition) is 2. The molecule has 1 aromatic heterocycles. The molecule has 2 N–H and O–H groups in total. The van der Waals surface area contributed by atoms with E-state index in [0.29, 0.717) is 16.9 Å². The summed E-state index contributed by atoms with van der Waals surface area (Å²) in [7, 11) is 1.24. The largest absolute Gasteiger partial charge is 0.465 e. The molecule has 2 atom stereocenters. The van der Waals surface area contributed by atoms with E-state index in [1.807, 2.05) is 13.0 Å². The fourth-order valence-electron chi connectivity index (χ4n) is 5.23. The van der Waals surface area contributed by atoms with Crippen LogP contribution in [-0.2, 0) is 9.53 Å². The molecule has 1 aliphatic heterocycles. The van der Waals surface area contributed by atoms with E-state index in [4.69, 9.17) is 4.74 Å². The molecule has 3 amide bonds. The standard InChI is InChI=1S/C32H28FN5O4/c1-4-38(29-24(31(40)42-3)15-10-18-34-29)26-17-8-6-14-23(26)27(22-13-5-7-16-25(22)33)36-28(30(38)39)37-32(41)35-21-12-9-11-20(2)19-21/h5-19,28H,4H2,1-3H3,(H-,35,37,41)/p+1. The van der Waals surface area contributed by atoms with Gasteiger partial charge in [-0.3, -0.25) is 0 Å². The number of nitrogens with one attached hydrogen (secondary N) is 2. The van der Waals surface area contributed by atoms with Crippen LogP contribution in [0.3, 0.4) is 0 Å². The van der Waals surface area contributed by atoms with Crippen molar-refractivity contribution in [1.82, 2.24) is 14.8 Å². The molecule has 1 aliphatic rings. The molecule has 5 rings (SSSR count). The average Bonchev–Trinajstić information content (AvgIpc) is 3.10. The minimum atomic E-state index is -1.50. The molecule has 10 heteroatoms. The van der Waals surface area contributed by atoms with Crippen molar-refractivity contribution >= 4 is 40.8 Å². The van der Waals surface area contributed by atoms with Crippen LogP contribution in [-0.4, -0.2) is 48.4 Å². The minimum absolute atomic E-state index is 0.0716. The Bertz CT molecular complexity index is 1720. The number of halogens is 1. The summed E-state index contributed by atoms with van der Waals surface area (Å²) in [5, 5.41) is 5.42. The number of esters is 1. The molecule has 0 saturated heterocycles. The number of anilines is 1. The summed E-state index contributed by atoms with van der Waals surface area (Å²) in [6.07, 6.45) is -0.0201. The second-order valence-electron chi connectivity index (χ2n) is 9.68. The highest BCUT2D eigenvalue weighted by Gasteiger charge is 2.52. The molecule has 4 aromatic rings. The number of pyridine rings is 1. The monoisotopic (exact) mass is 566 g/mol. The number of para-hydroxylation sites is 1. The normalized spacial score (nSPS) is 17.9. The van der Waals surface area contributed by atoms with Gasteiger partial charge in [0, 0.05) is 23.5 Å². The number of aryl methyl sites for hydroxylation is 1. The highest BCUT2D eigenvalue weighted by atomic mass is 19.1. The van der Waals surface area contributed by atoms with Crippen LogP contribution in [0.4, 0.5) is 26.4 Å². The van der Waals surface area contributed by atoms with Gasteiger partial charge in [-0.25, -0.2) is 28.8 Å². The summed E-state index contributed by atoms with van der Waals surface area (Å²) in [4.78, 5) is 50.2. The summed E-state index contributed by atoms with van der Waals surface area (Å²) in [6, 6.07) is 22.6. The molecule has 212 valence electrons. The van der Waals surface area contributed by atoms with Crippen molar-refractivity contribution in [1.29, 1.82) is 0 Å². The molecule has 0 radical (unpaired) electrons. The third-order valence-electron chi connectivity index (χ3n) is 7.14. The SMILES string of the molecule is CC[N+]1(c2ncccc2C(=O)OC)C(=O)C(NC(=O)Nc2cccc(C)c2)N=C(c2ccccc2F)c2ccccc21. The van der Waals surface area contributed by atoms with Crippen LogP contribution in [0, 0.1) is 12.7 Å². The first-order valence-corrected chi connectivity index (χ1v) is 13.3. The summed E-state index contributed by atoms with van der Waals surface area (Å²) in [6.45, 7) is 3.75. The summed E-state index contributed by atoms with van der Waals surface area (Å²) >= 11 is 0. The number of aromatic nitrogens is 1. The van der Waals surface area contributed by atoms with Gasteiger partial charge in [0.1, 0.15) is 11.4 Å². The first-order chi connectivity index (χ1) is 20.3. The van der Waals surface area contributed by atoms with E-state index in [0.717, 1.165) is 5.56 Å². The van der Waals surface area contributed by atoms with E-state index in [-0.39, 0.29) is 29.2 Å². The number of urea groups is 1. The smallest absolute Gasteiger partial charge is 0.370 e. The van der Waals surface area contributed by atoms with E-state index in [1.165, 1.54) is 25.4 Å². The Morgan fingerprint density at radius 2 is 1.71 bits per heavy atom. The van der Waals surface area contributed by atoms with Gasteiger partial charge in [-0.1, -0.05) is 36.4 Å². The molecule has 42 heavy (non-hydrogen) atoms. The number of ether oxygens (including phenoxy) is 1. The van der Waals surface area contributed by atoms with Gasteiger partial charge >= 0.3 is 17.9 Å². The summed E-state index contributed by atoms with van der Waals surface area (Å²) in [5.74, 6) is -1.73. The number of quaternary nitrogens is 1. The first-order valence-electron chi connectivity index (χ1n) is 13.3. The Kier molecular flexibility index (Phi) is 7.90. The van der Waals surface area contributed by atoms with Crippen molar-refractivity contribution in [3.8, 4) is 0 Å². The fraction of sp³-hybridized carbons (Fsp3) is 0.156. The van der Waals surface area contributed by atoms with E-state index >= 15 is 4.39 Å². The number of benzodiazepines with no additional fused rings is 1. The van der Waals surface area contributed by atoms with E-state index in [1.54, 1.807) is 73.7 Å². The highest BCUT2D eigenvalue weighted by Crippen LogP contribution is 2.42. The lowest BCUT2D eigenvalue weighted by molar-refractivity contribution is -0.129. The Labute approximate surface area is 242 Å². The third kappa shape index (κ3) is 5.04. The zero-order valence-electron chi connectivity index (χ0n) is 23.3. The van der Waals surface area contributed by atoms with Crippen molar-refractivity contribution in [2.24, 2.45) is 4.99 Å². The zero-order chi connectivity index (χ0) is 29.9. The number of amides is 3. The first kappa shape index (κ1) is 28.3. The molecule has 0 spiro atoms. The van der Waals surface area contributed by atoms with Crippen LogP contribution >= 0.6 is 0 Å². The molecule has 0 fully saturated rings. The number of nitrogens with zero attached hydrogens (tertiary/aromatic N) is 3. The zero-order valence-corrected chi connectivity index (χ0v) is 23.3.